The van der Waals surface area contributed by atoms with Gasteiger partial charge >= 0.3 is 0 Å². The lowest BCUT2D eigenvalue weighted by molar-refractivity contribution is 0.0463. The zero-order valence-corrected chi connectivity index (χ0v) is 15.7. The number of nitrogens with zero attached hydrogens (tertiary/aromatic N) is 2. The van der Waals surface area contributed by atoms with E-state index in [0.717, 1.165) is 13.1 Å². The first-order valence-corrected chi connectivity index (χ1v) is 10.6. The number of carbonyl (C=O) groups excluding carboxylic acids is 1. The Morgan fingerprint density at radius 3 is 2.33 bits per heavy atom. The molecule has 1 aromatic rings. The average molecular weight is 391 g/mol. The van der Waals surface area contributed by atoms with Crippen LogP contribution in [0.1, 0.15) is 23.2 Å². The van der Waals surface area contributed by atoms with Crippen molar-refractivity contribution < 1.29 is 13.2 Å². The van der Waals surface area contributed by atoms with Gasteiger partial charge in [0.1, 0.15) is 9.84 Å². The molecule has 1 aliphatic carbocycles. The standard InChI is InChI=1S/C16H20Cl2N2O3S/c1-24(22,23)13-9-12(10-13)19-4-6-20(7-5-19)16(21)14-8-11(17)2-3-15(14)18/h2-3,8,12-13H,4-7,9-10H2,1H3. The fraction of sp³-hybridized carbons (Fsp3) is 0.562. The van der Waals surface area contributed by atoms with Crippen LogP contribution >= 0.6 is 23.2 Å². The van der Waals surface area contributed by atoms with Gasteiger partial charge in [0.2, 0.25) is 0 Å². The van der Waals surface area contributed by atoms with Gasteiger partial charge in [0.05, 0.1) is 15.8 Å². The Kier molecular flexibility index (Phi) is 5.12. The molecule has 0 N–H and O–H groups in total. The highest BCUT2D eigenvalue weighted by molar-refractivity contribution is 7.91. The molecule has 5 nitrogen and oxygen atoms in total. The molecule has 2 fully saturated rings. The van der Waals surface area contributed by atoms with Gasteiger partial charge in [0, 0.05) is 43.5 Å². The largest absolute Gasteiger partial charge is 0.336 e. The number of benzene rings is 1. The van der Waals surface area contributed by atoms with Crippen LogP contribution in [-0.4, -0.2) is 67.9 Å². The van der Waals surface area contributed by atoms with Gasteiger partial charge in [-0.05, 0) is 31.0 Å². The van der Waals surface area contributed by atoms with Gasteiger partial charge in [-0.25, -0.2) is 8.42 Å². The number of piperazine rings is 1. The number of carbonyl (C=O) groups is 1. The minimum atomic E-state index is -2.93. The SMILES string of the molecule is CS(=O)(=O)C1CC(N2CCN(C(=O)c3cc(Cl)ccc3Cl)CC2)C1. The molecule has 0 unspecified atom stereocenters. The zero-order chi connectivity index (χ0) is 17.5. The summed E-state index contributed by atoms with van der Waals surface area (Å²) in [6.45, 7) is 2.74. The van der Waals surface area contributed by atoms with Crippen LogP contribution in [0.4, 0.5) is 0 Å². The molecule has 24 heavy (non-hydrogen) atoms. The number of sulfone groups is 1. The molecule has 0 atom stereocenters. The minimum Gasteiger partial charge on any atom is -0.336 e. The summed E-state index contributed by atoms with van der Waals surface area (Å²) in [4.78, 5) is 16.7. The highest BCUT2D eigenvalue weighted by atomic mass is 35.5. The lowest BCUT2D eigenvalue weighted by atomic mass is 9.90. The fourth-order valence-corrected chi connectivity index (χ4v) is 4.82. The molecule has 3 rings (SSSR count). The first-order chi connectivity index (χ1) is 11.3. The number of rotatable bonds is 3. The Bertz CT molecular complexity index is 740. The van der Waals surface area contributed by atoms with E-state index in [0.29, 0.717) is 47.6 Å². The van der Waals surface area contributed by atoms with Gasteiger partial charge in [-0.3, -0.25) is 9.69 Å². The quantitative estimate of drug-likeness (QED) is 0.794. The van der Waals surface area contributed by atoms with E-state index < -0.39 is 9.84 Å². The Hall–Kier alpha value is -0.820. The molecule has 1 heterocycles. The van der Waals surface area contributed by atoms with E-state index in [9.17, 15) is 13.2 Å². The molecule has 1 aliphatic heterocycles. The van der Waals surface area contributed by atoms with E-state index in [-0.39, 0.29) is 11.2 Å². The average Bonchev–Trinajstić information content (AvgIpc) is 2.47. The summed E-state index contributed by atoms with van der Waals surface area (Å²) in [7, 11) is -2.93. The van der Waals surface area contributed by atoms with E-state index in [4.69, 9.17) is 23.2 Å². The monoisotopic (exact) mass is 390 g/mol. The van der Waals surface area contributed by atoms with Crippen LogP contribution in [0.15, 0.2) is 18.2 Å². The van der Waals surface area contributed by atoms with E-state index in [1.807, 2.05) is 0 Å². The molecule has 2 aliphatic rings. The second-order valence-electron chi connectivity index (χ2n) is 6.53. The molecule has 0 bridgehead atoms. The van der Waals surface area contributed by atoms with Crippen molar-refractivity contribution in [2.45, 2.75) is 24.1 Å². The summed E-state index contributed by atoms with van der Waals surface area (Å²) >= 11 is 12.1. The molecular weight excluding hydrogens is 371 g/mol. The second-order valence-corrected chi connectivity index (χ2v) is 9.70. The first kappa shape index (κ1) is 18.0. The summed E-state index contributed by atoms with van der Waals surface area (Å²) in [6, 6.07) is 5.21. The van der Waals surface area contributed by atoms with Crippen LogP contribution in [0, 0.1) is 0 Å². The maximum Gasteiger partial charge on any atom is 0.255 e. The van der Waals surface area contributed by atoms with Crippen molar-refractivity contribution >= 4 is 38.9 Å². The first-order valence-electron chi connectivity index (χ1n) is 7.93. The third-order valence-electron chi connectivity index (χ3n) is 4.95. The third kappa shape index (κ3) is 3.72. The van der Waals surface area contributed by atoms with Crippen molar-refractivity contribution in [3.05, 3.63) is 33.8 Å². The number of hydrogen-bond acceptors (Lipinski definition) is 4. The number of amides is 1. The van der Waals surface area contributed by atoms with Crippen LogP contribution < -0.4 is 0 Å². The van der Waals surface area contributed by atoms with E-state index in [1.54, 1.807) is 23.1 Å². The molecule has 1 amide bonds. The topological polar surface area (TPSA) is 57.7 Å². The lowest BCUT2D eigenvalue weighted by Gasteiger charge is -2.45. The van der Waals surface area contributed by atoms with Crippen molar-refractivity contribution in [2.75, 3.05) is 32.4 Å². The van der Waals surface area contributed by atoms with Crippen molar-refractivity contribution in [1.82, 2.24) is 9.80 Å². The van der Waals surface area contributed by atoms with Gasteiger partial charge in [0.15, 0.2) is 0 Å². The van der Waals surface area contributed by atoms with Gasteiger partial charge < -0.3 is 4.90 Å². The summed E-state index contributed by atoms with van der Waals surface area (Å²) in [5, 5.41) is 0.692. The van der Waals surface area contributed by atoms with Gasteiger partial charge in [-0.2, -0.15) is 0 Å². The third-order valence-corrected chi connectivity index (χ3v) is 7.11. The molecule has 1 aromatic carbocycles. The molecule has 132 valence electrons. The Labute approximate surface area is 152 Å². The summed E-state index contributed by atoms with van der Waals surface area (Å²) in [5.41, 5.74) is 0.429. The van der Waals surface area contributed by atoms with Crippen molar-refractivity contribution in [3.63, 3.8) is 0 Å². The van der Waals surface area contributed by atoms with Gasteiger partial charge in [0.25, 0.3) is 5.91 Å². The van der Waals surface area contributed by atoms with E-state index in [1.165, 1.54) is 6.26 Å². The molecule has 8 heteroatoms. The Morgan fingerprint density at radius 2 is 1.75 bits per heavy atom. The van der Waals surface area contributed by atoms with Crippen molar-refractivity contribution in [1.29, 1.82) is 0 Å². The van der Waals surface area contributed by atoms with Crippen LogP contribution in [0.3, 0.4) is 0 Å². The minimum absolute atomic E-state index is 0.107. The maximum absolute atomic E-state index is 12.6. The number of hydrogen-bond donors (Lipinski definition) is 0. The summed E-state index contributed by atoms with van der Waals surface area (Å²) in [6.07, 6.45) is 2.71. The second kappa shape index (κ2) is 6.83. The van der Waals surface area contributed by atoms with E-state index >= 15 is 0 Å². The highest BCUT2D eigenvalue weighted by Gasteiger charge is 2.40. The predicted molar refractivity (Wildman–Crippen MR) is 95.6 cm³/mol. The summed E-state index contributed by atoms with van der Waals surface area (Å²) < 4.78 is 23.0. The smallest absolute Gasteiger partial charge is 0.255 e. The van der Waals surface area contributed by atoms with Crippen molar-refractivity contribution in [3.8, 4) is 0 Å². The summed E-state index contributed by atoms with van der Waals surface area (Å²) in [5.74, 6) is -0.107. The predicted octanol–water partition coefficient (Wildman–Crippen LogP) is 2.33. The van der Waals surface area contributed by atoms with Crippen molar-refractivity contribution in [2.24, 2.45) is 0 Å². The molecule has 0 aromatic heterocycles. The molecule has 0 radical (unpaired) electrons. The van der Waals surface area contributed by atoms with Crippen LogP contribution in [0.5, 0.6) is 0 Å². The van der Waals surface area contributed by atoms with Crippen LogP contribution in [-0.2, 0) is 9.84 Å². The van der Waals surface area contributed by atoms with Gasteiger partial charge in [-0.1, -0.05) is 23.2 Å². The molecular formula is C16H20Cl2N2O3S. The normalized spacial score (nSPS) is 25.4. The zero-order valence-electron chi connectivity index (χ0n) is 13.4. The van der Waals surface area contributed by atoms with Gasteiger partial charge in [-0.15, -0.1) is 0 Å². The number of halogens is 2. The Balaban J connectivity index is 1.56. The highest BCUT2D eigenvalue weighted by Crippen LogP contribution is 2.31. The molecule has 1 saturated heterocycles. The Morgan fingerprint density at radius 1 is 1.12 bits per heavy atom. The lowest BCUT2D eigenvalue weighted by Crippen LogP contribution is -2.57. The fourth-order valence-electron chi connectivity index (χ4n) is 3.31. The van der Waals surface area contributed by atoms with Crippen LogP contribution in [0.25, 0.3) is 0 Å². The maximum atomic E-state index is 12.6. The molecule has 0 spiro atoms. The molecule has 1 saturated carbocycles. The van der Waals surface area contributed by atoms with Crippen LogP contribution in [0.2, 0.25) is 10.0 Å². The van der Waals surface area contributed by atoms with E-state index in [2.05, 4.69) is 4.90 Å².